The lowest BCUT2D eigenvalue weighted by Gasteiger charge is -2.06. The minimum atomic E-state index is 0.227. The molecule has 1 aromatic heterocycles. The number of thioether (sulfide) groups is 1. The highest BCUT2D eigenvalue weighted by Gasteiger charge is 2.22. The van der Waals surface area contributed by atoms with Crippen molar-refractivity contribution in [3.63, 3.8) is 0 Å². The van der Waals surface area contributed by atoms with Crippen molar-refractivity contribution in [2.24, 2.45) is 0 Å². The molecule has 0 bridgehead atoms. The second-order valence-corrected chi connectivity index (χ2v) is 4.69. The number of anilines is 1. The maximum Gasteiger partial charge on any atom is 0.150 e. The van der Waals surface area contributed by atoms with Gasteiger partial charge in [-0.25, -0.2) is 4.68 Å². The van der Waals surface area contributed by atoms with Crippen molar-refractivity contribution >= 4 is 17.6 Å². The van der Waals surface area contributed by atoms with Crippen molar-refractivity contribution in [3.05, 3.63) is 35.5 Å². The Morgan fingerprint density at radius 3 is 2.94 bits per heavy atom. The monoisotopic (exact) mass is 233 g/mol. The summed E-state index contributed by atoms with van der Waals surface area (Å²) < 4.78 is 1.75. The van der Waals surface area contributed by atoms with E-state index < -0.39 is 0 Å². The number of phenols is 1. The van der Waals surface area contributed by atoms with Gasteiger partial charge in [-0.05, 0) is 12.1 Å². The second-order valence-electron chi connectivity index (χ2n) is 3.70. The van der Waals surface area contributed by atoms with E-state index in [2.05, 4.69) is 5.10 Å². The molecule has 2 heterocycles. The van der Waals surface area contributed by atoms with Crippen LogP contribution in [-0.2, 0) is 11.5 Å². The molecule has 3 rings (SSSR count). The molecule has 1 aliphatic rings. The molecule has 16 heavy (non-hydrogen) atoms. The molecule has 1 aromatic carbocycles. The summed E-state index contributed by atoms with van der Waals surface area (Å²) in [7, 11) is 0. The predicted octanol–water partition coefficient (Wildman–Crippen LogP) is 1.91. The molecule has 0 aliphatic carbocycles. The van der Waals surface area contributed by atoms with Gasteiger partial charge in [-0.1, -0.05) is 12.1 Å². The van der Waals surface area contributed by atoms with Crippen molar-refractivity contribution in [2.45, 2.75) is 11.5 Å². The van der Waals surface area contributed by atoms with Crippen molar-refractivity contribution in [1.82, 2.24) is 9.78 Å². The summed E-state index contributed by atoms with van der Waals surface area (Å²) in [4.78, 5) is 0. The fraction of sp³-hybridized carbons (Fsp3) is 0.182. The molecule has 0 amide bonds. The van der Waals surface area contributed by atoms with Crippen LogP contribution in [0, 0.1) is 0 Å². The van der Waals surface area contributed by atoms with Crippen LogP contribution in [0.25, 0.3) is 5.69 Å². The Morgan fingerprint density at radius 1 is 1.31 bits per heavy atom. The number of nitrogen functional groups attached to an aromatic ring is 1. The van der Waals surface area contributed by atoms with E-state index in [0.29, 0.717) is 11.5 Å². The first-order valence-corrected chi connectivity index (χ1v) is 6.15. The summed E-state index contributed by atoms with van der Waals surface area (Å²) in [6, 6.07) is 7.16. The third-order valence-electron chi connectivity index (χ3n) is 2.72. The van der Waals surface area contributed by atoms with Gasteiger partial charge in [-0.2, -0.15) is 11.8 Å². The van der Waals surface area contributed by atoms with Crippen LogP contribution in [0.1, 0.15) is 11.3 Å². The lowest BCUT2D eigenvalue weighted by atomic mass is 10.2. The molecule has 2 aromatic rings. The smallest absolute Gasteiger partial charge is 0.150 e. The number of nitrogens with zero attached hydrogens (tertiary/aromatic N) is 2. The minimum absolute atomic E-state index is 0.227. The van der Waals surface area contributed by atoms with E-state index >= 15 is 0 Å². The van der Waals surface area contributed by atoms with Crippen LogP contribution in [0.5, 0.6) is 5.75 Å². The van der Waals surface area contributed by atoms with Gasteiger partial charge in [0.15, 0.2) is 0 Å². The Hall–Kier alpha value is -1.62. The molecule has 0 saturated carbocycles. The topological polar surface area (TPSA) is 64.1 Å². The summed E-state index contributed by atoms with van der Waals surface area (Å²) in [5.41, 5.74) is 8.75. The summed E-state index contributed by atoms with van der Waals surface area (Å²) in [6.45, 7) is 0. The molecule has 1 aliphatic heterocycles. The first kappa shape index (κ1) is 9.59. The summed E-state index contributed by atoms with van der Waals surface area (Å²) in [6.07, 6.45) is 0. The van der Waals surface area contributed by atoms with E-state index in [1.54, 1.807) is 16.8 Å². The molecule has 0 spiro atoms. The molecule has 0 unspecified atom stereocenters. The average molecular weight is 233 g/mol. The van der Waals surface area contributed by atoms with E-state index in [0.717, 1.165) is 22.8 Å². The van der Waals surface area contributed by atoms with Gasteiger partial charge in [0.25, 0.3) is 0 Å². The van der Waals surface area contributed by atoms with Crippen LogP contribution in [0.3, 0.4) is 0 Å². The number of hydrogen-bond donors (Lipinski definition) is 2. The zero-order valence-electron chi connectivity index (χ0n) is 8.55. The molecule has 0 fully saturated rings. The lowest BCUT2D eigenvalue weighted by Crippen LogP contribution is -2.01. The normalized spacial score (nSPS) is 14.0. The van der Waals surface area contributed by atoms with Gasteiger partial charge in [0.1, 0.15) is 17.3 Å². The van der Waals surface area contributed by atoms with Gasteiger partial charge in [-0.3, -0.25) is 0 Å². The van der Waals surface area contributed by atoms with Crippen molar-refractivity contribution < 1.29 is 5.11 Å². The Morgan fingerprint density at radius 2 is 2.12 bits per heavy atom. The zero-order valence-corrected chi connectivity index (χ0v) is 9.37. The fourth-order valence-corrected chi connectivity index (χ4v) is 3.01. The highest BCUT2D eigenvalue weighted by Crippen LogP contribution is 2.36. The van der Waals surface area contributed by atoms with E-state index in [-0.39, 0.29) is 5.75 Å². The van der Waals surface area contributed by atoms with Crippen LogP contribution in [-0.4, -0.2) is 14.9 Å². The first-order chi connectivity index (χ1) is 7.77. The van der Waals surface area contributed by atoms with Crippen LogP contribution < -0.4 is 5.73 Å². The van der Waals surface area contributed by atoms with E-state index in [9.17, 15) is 5.11 Å². The van der Waals surface area contributed by atoms with E-state index in [1.165, 1.54) is 0 Å². The SMILES string of the molecule is Nc1nn(-c2ccccc2O)c2c1CSC2. The average Bonchev–Trinajstić information content (AvgIpc) is 2.84. The van der Waals surface area contributed by atoms with Crippen molar-refractivity contribution in [2.75, 3.05) is 5.73 Å². The Bertz CT molecular complexity index is 550. The number of rotatable bonds is 1. The quantitative estimate of drug-likeness (QED) is 0.789. The lowest BCUT2D eigenvalue weighted by molar-refractivity contribution is 0.470. The Labute approximate surface area is 97.1 Å². The Kier molecular flexibility index (Phi) is 2.07. The van der Waals surface area contributed by atoms with Crippen molar-refractivity contribution in [3.8, 4) is 11.4 Å². The molecule has 5 heteroatoms. The number of hydrogen-bond acceptors (Lipinski definition) is 4. The summed E-state index contributed by atoms with van der Waals surface area (Å²) in [5.74, 6) is 2.61. The highest BCUT2D eigenvalue weighted by molar-refractivity contribution is 7.98. The van der Waals surface area contributed by atoms with Gasteiger partial charge in [-0.15, -0.1) is 5.10 Å². The molecule has 3 N–H and O–H groups in total. The standard InChI is InChI=1S/C11H11N3OS/c12-11-7-5-16-6-9(7)14(13-11)8-3-1-2-4-10(8)15/h1-4,15H,5-6H2,(H2,12,13). The maximum atomic E-state index is 9.80. The molecule has 82 valence electrons. The van der Waals surface area contributed by atoms with Gasteiger partial charge >= 0.3 is 0 Å². The predicted molar refractivity (Wildman–Crippen MR) is 64.6 cm³/mol. The fourth-order valence-electron chi connectivity index (χ4n) is 1.90. The number of para-hydroxylation sites is 2. The maximum absolute atomic E-state index is 9.80. The Balaban J connectivity index is 2.21. The molecule has 0 saturated heterocycles. The number of aromatic nitrogens is 2. The summed E-state index contributed by atoms with van der Waals surface area (Å²) in [5, 5.41) is 14.1. The number of nitrogens with two attached hydrogens (primary N) is 1. The highest BCUT2D eigenvalue weighted by atomic mass is 32.2. The zero-order chi connectivity index (χ0) is 11.1. The number of fused-ring (bicyclic) bond motifs is 1. The van der Waals surface area contributed by atoms with Gasteiger partial charge < -0.3 is 10.8 Å². The number of aromatic hydroxyl groups is 1. The molecule has 0 atom stereocenters. The van der Waals surface area contributed by atoms with Crippen LogP contribution >= 0.6 is 11.8 Å². The largest absolute Gasteiger partial charge is 0.506 e. The van der Waals surface area contributed by atoms with Crippen LogP contribution in [0.2, 0.25) is 0 Å². The summed E-state index contributed by atoms with van der Waals surface area (Å²) >= 11 is 1.82. The molecule has 0 radical (unpaired) electrons. The van der Waals surface area contributed by atoms with E-state index in [4.69, 9.17) is 5.73 Å². The third-order valence-corrected chi connectivity index (χ3v) is 3.69. The minimum Gasteiger partial charge on any atom is -0.506 e. The van der Waals surface area contributed by atoms with Crippen molar-refractivity contribution in [1.29, 1.82) is 0 Å². The van der Waals surface area contributed by atoms with Gasteiger partial charge in [0.2, 0.25) is 0 Å². The third kappa shape index (κ3) is 1.28. The molecule has 4 nitrogen and oxygen atoms in total. The van der Waals surface area contributed by atoms with E-state index in [1.807, 2.05) is 23.9 Å². The first-order valence-electron chi connectivity index (χ1n) is 4.99. The van der Waals surface area contributed by atoms with Crippen LogP contribution in [0.15, 0.2) is 24.3 Å². The molecular formula is C11H11N3OS. The van der Waals surface area contributed by atoms with Gasteiger partial charge in [0, 0.05) is 17.1 Å². The van der Waals surface area contributed by atoms with Crippen LogP contribution in [0.4, 0.5) is 5.82 Å². The number of benzene rings is 1. The second kappa shape index (κ2) is 3.45. The molecular weight excluding hydrogens is 222 g/mol. The number of phenolic OH excluding ortho intramolecular Hbond substituents is 1. The van der Waals surface area contributed by atoms with Gasteiger partial charge in [0.05, 0.1) is 5.69 Å².